The van der Waals surface area contributed by atoms with Crippen LogP contribution in [0.3, 0.4) is 0 Å². The molecule has 2 aromatic rings. The van der Waals surface area contributed by atoms with Crippen molar-refractivity contribution in [3.8, 4) is 11.1 Å². The molecular formula is C23H24N2O5. The number of alkyl carbamates (subject to hydrolysis) is 1. The first-order chi connectivity index (χ1) is 14.6. The van der Waals surface area contributed by atoms with Crippen molar-refractivity contribution in [1.82, 2.24) is 10.2 Å². The van der Waals surface area contributed by atoms with Crippen LogP contribution in [0.5, 0.6) is 0 Å². The fourth-order valence-corrected chi connectivity index (χ4v) is 4.17. The Morgan fingerprint density at radius 2 is 1.67 bits per heavy atom. The van der Waals surface area contributed by atoms with Gasteiger partial charge in [-0.15, -0.1) is 0 Å². The van der Waals surface area contributed by atoms with Gasteiger partial charge in [0.25, 0.3) is 0 Å². The second kappa shape index (κ2) is 8.57. The lowest BCUT2D eigenvalue weighted by molar-refractivity contribution is -0.157. The number of carbonyl (C=O) groups is 3. The molecule has 2 aliphatic rings. The molecule has 1 heterocycles. The van der Waals surface area contributed by atoms with Crippen LogP contribution in [0.2, 0.25) is 0 Å². The van der Waals surface area contributed by atoms with E-state index in [9.17, 15) is 14.4 Å². The molecule has 2 aromatic carbocycles. The Labute approximate surface area is 174 Å². The molecule has 1 aliphatic carbocycles. The normalized spacial score (nSPS) is 16.9. The summed E-state index contributed by atoms with van der Waals surface area (Å²) in [6.45, 7) is 1.02. The number of likely N-dealkylation sites (tertiary alicyclic amines) is 1. The monoisotopic (exact) mass is 408 g/mol. The number of carboxylic acid groups (broad SMARTS) is 1. The van der Waals surface area contributed by atoms with E-state index in [0.717, 1.165) is 11.1 Å². The van der Waals surface area contributed by atoms with Gasteiger partial charge in [-0.3, -0.25) is 4.79 Å². The van der Waals surface area contributed by atoms with Crippen molar-refractivity contribution in [1.29, 1.82) is 0 Å². The van der Waals surface area contributed by atoms with Crippen LogP contribution in [0, 0.1) is 0 Å². The zero-order valence-corrected chi connectivity index (χ0v) is 16.5. The lowest BCUT2D eigenvalue weighted by Gasteiger charge is -2.38. The van der Waals surface area contributed by atoms with E-state index in [1.54, 1.807) is 0 Å². The molecule has 156 valence electrons. The number of benzene rings is 2. The summed E-state index contributed by atoms with van der Waals surface area (Å²) in [5, 5.41) is 11.7. The van der Waals surface area contributed by atoms with Gasteiger partial charge in [-0.2, -0.15) is 0 Å². The highest BCUT2D eigenvalue weighted by atomic mass is 16.5. The number of hydrogen-bond acceptors (Lipinski definition) is 4. The minimum atomic E-state index is -0.966. The summed E-state index contributed by atoms with van der Waals surface area (Å²) in [5.41, 5.74) is 4.65. The number of nitrogens with zero attached hydrogens (tertiary/aromatic N) is 1. The van der Waals surface area contributed by atoms with Crippen LogP contribution >= 0.6 is 0 Å². The SMILES string of the molecule is O=C(NCCCC(=O)N1CCC1C(=O)O)OCC1c2ccccc2-c2ccccc21. The lowest BCUT2D eigenvalue weighted by atomic mass is 9.98. The summed E-state index contributed by atoms with van der Waals surface area (Å²) in [6.07, 6.45) is 0.620. The van der Waals surface area contributed by atoms with Crippen molar-refractivity contribution in [2.24, 2.45) is 0 Å². The summed E-state index contributed by atoms with van der Waals surface area (Å²) >= 11 is 0. The van der Waals surface area contributed by atoms with E-state index in [0.29, 0.717) is 25.9 Å². The van der Waals surface area contributed by atoms with Gasteiger partial charge in [0.15, 0.2) is 0 Å². The van der Waals surface area contributed by atoms with Gasteiger partial charge in [-0.1, -0.05) is 48.5 Å². The molecule has 0 bridgehead atoms. The van der Waals surface area contributed by atoms with Gasteiger partial charge in [0.05, 0.1) is 0 Å². The van der Waals surface area contributed by atoms with Gasteiger partial charge < -0.3 is 20.1 Å². The molecule has 0 aromatic heterocycles. The fraction of sp³-hybridized carbons (Fsp3) is 0.348. The maximum atomic E-state index is 12.1. The van der Waals surface area contributed by atoms with Crippen LogP contribution in [0.15, 0.2) is 48.5 Å². The molecule has 2 N–H and O–H groups in total. The van der Waals surface area contributed by atoms with Crippen molar-refractivity contribution in [2.45, 2.75) is 31.2 Å². The van der Waals surface area contributed by atoms with Gasteiger partial charge in [0.1, 0.15) is 12.6 Å². The molecule has 2 amide bonds. The number of fused-ring (bicyclic) bond motifs is 3. The predicted octanol–water partition coefficient (Wildman–Crippen LogP) is 2.99. The predicted molar refractivity (Wildman–Crippen MR) is 110 cm³/mol. The van der Waals surface area contributed by atoms with Crippen molar-refractivity contribution in [3.05, 3.63) is 59.7 Å². The summed E-state index contributed by atoms with van der Waals surface area (Å²) < 4.78 is 5.45. The topological polar surface area (TPSA) is 95.9 Å². The molecule has 1 fully saturated rings. The third kappa shape index (κ3) is 3.87. The van der Waals surface area contributed by atoms with E-state index in [2.05, 4.69) is 29.6 Å². The van der Waals surface area contributed by atoms with Crippen LogP contribution in [-0.2, 0) is 14.3 Å². The van der Waals surface area contributed by atoms with Crippen LogP contribution in [-0.4, -0.2) is 53.7 Å². The Kier molecular flexibility index (Phi) is 5.70. The second-order valence-electron chi connectivity index (χ2n) is 7.59. The van der Waals surface area contributed by atoms with Crippen molar-refractivity contribution >= 4 is 18.0 Å². The smallest absolute Gasteiger partial charge is 0.407 e. The molecular weight excluding hydrogens is 384 g/mol. The largest absolute Gasteiger partial charge is 0.480 e. The molecule has 7 nitrogen and oxygen atoms in total. The maximum absolute atomic E-state index is 12.1. The zero-order valence-electron chi connectivity index (χ0n) is 16.5. The standard InChI is InChI=1S/C23H24N2O5/c26-21(25-13-11-20(25)22(27)28)10-5-12-24-23(29)30-14-19-17-8-3-1-6-15(17)16-7-2-4-9-18(16)19/h1-4,6-9,19-20H,5,10-14H2,(H,24,29)(H,27,28). The molecule has 1 aliphatic heterocycles. The third-order valence-electron chi connectivity index (χ3n) is 5.81. The molecule has 0 spiro atoms. The van der Waals surface area contributed by atoms with Crippen molar-refractivity contribution in [2.75, 3.05) is 19.7 Å². The van der Waals surface area contributed by atoms with Gasteiger partial charge in [0, 0.05) is 25.4 Å². The molecule has 1 saturated heterocycles. The highest BCUT2D eigenvalue weighted by Crippen LogP contribution is 2.44. The number of aliphatic carboxylic acids is 1. The first kappa shape index (κ1) is 19.9. The first-order valence-electron chi connectivity index (χ1n) is 10.2. The summed E-state index contributed by atoms with van der Waals surface area (Å²) in [5.74, 6) is -1.15. The average Bonchev–Trinajstić information content (AvgIpc) is 3.02. The Hall–Kier alpha value is -3.35. The Balaban J connectivity index is 1.23. The zero-order chi connectivity index (χ0) is 21.1. The van der Waals surface area contributed by atoms with Crippen LogP contribution in [0.25, 0.3) is 11.1 Å². The summed E-state index contributed by atoms with van der Waals surface area (Å²) in [4.78, 5) is 36.5. The Morgan fingerprint density at radius 1 is 1.03 bits per heavy atom. The van der Waals surface area contributed by atoms with Gasteiger partial charge in [0.2, 0.25) is 5.91 Å². The number of rotatable bonds is 7. The molecule has 1 atom stereocenters. The molecule has 0 radical (unpaired) electrons. The molecule has 4 rings (SSSR count). The van der Waals surface area contributed by atoms with Crippen molar-refractivity contribution < 1.29 is 24.2 Å². The highest BCUT2D eigenvalue weighted by molar-refractivity contribution is 5.85. The number of nitrogens with one attached hydrogen (secondary N) is 1. The average molecular weight is 408 g/mol. The van der Waals surface area contributed by atoms with E-state index in [1.807, 2.05) is 24.3 Å². The first-order valence-corrected chi connectivity index (χ1v) is 10.2. The molecule has 0 saturated carbocycles. The quantitative estimate of drug-likeness (QED) is 0.687. The minimum absolute atomic E-state index is 0.00379. The number of amides is 2. The maximum Gasteiger partial charge on any atom is 0.407 e. The summed E-state index contributed by atoms with van der Waals surface area (Å²) in [6, 6.07) is 15.6. The Bertz CT molecular complexity index is 928. The number of ether oxygens (including phenoxy) is 1. The van der Waals surface area contributed by atoms with Gasteiger partial charge in [-0.25, -0.2) is 9.59 Å². The number of carboxylic acids is 1. The van der Waals surface area contributed by atoms with Crippen LogP contribution in [0.4, 0.5) is 4.79 Å². The van der Waals surface area contributed by atoms with Gasteiger partial charge >= 0.3 is 12.1 Å². The summed E-state index contributed by atoms with van der Waals surface area (Å²) in [7, 11) is 0. The van der Waals surface area contributed by atoms with E-state index >= 15 is 0 Å². The van der Waals surface area contributed by atoms with Crippen molar-refractivity contribution in [3.63, 3.8) is 0 Å². The highest BCUT2D eigenvalue weighted by Gasteiger charge is 2.37. The number of carbonyl (C=O) groups excluding carboxylic acids is 2. The van der Waals surface area contributed by atoms with Crippen LogP contribution in [0.1, 0.15) is 36.3 Å². The number of hydrogen-bond donors (Lipinski definition) is 2. The lowest BCUT2D eigenvalue weighted by Crippen LogP contribution is -2.55. The minimum Gasteiger partial charge on any atom is -0.480 e. The van der Waals surface area contributed by atoms with E-state index in [4.69, 9.17) is 9.84 Å². The molecule has 1 unspecified atom stereocenters. The van der Waals surface area contributed by atoms with E-state index < -0.39 is 18.1 Å². The fourth-order valence-electron chi connectivity index (χ4n) is 4.17. The van der Waals surface area contributed by atoms with Gasteiger partial charge in [-0.05, 0) is 35.1 Å². The molecule has 30 heavy (non-hydrogen) atoms. The van der Waals surface area contributed by atoms with Crippen LogP contribution < -0.4 is 5.32 Å². The second-order valence-corrected chi connectivity index (χ2v) is 7.59. The molecule has 7 heteroatoms. The third-order valence-corrected chi connectivity index (χ3v) is 5.81. The van der Waals surface area contributed by atoms with E-state index in [1.165, 1.54) is 16.0 Å². The van der Waals surface area contributed by atoms with E-state index in [-0.39, 0.29) is 24.9 Å². The Morgan fingerprint density at radius 3 is 2.23 bits per heavy atom.